The number of methoxy groups -OCH3 is 1. The van der Waals surface area contributed by atoms with E-state index in [1.165, 1.54) is 14.0 Å². The molecule has 1 aliphatic heterocycles. The molecule has 1 aromatic carbocycles. The first-order valence-electron chi connectivity index (χ1n) is 7.94. The van der Waals surface area contributed by atoms with E-state index >= 15 is 0 Å². The molecule has 5 atom stereocenters. The van der Waals surface area contributed by atoms with Crippen molar-refractivity contribution >= 4 is 11.7 Å². The highest BCUT2D eigenvalue weighted by Crippen LogP contribution is 2.25. The highest BCUT2D eigenvalue weighted by molar-refractivity contribution is 5.96. The molecule has 2 rings (SSSR count). The summed E-state index contributed by atoms with van der Waals surface area (Å²) < 4.78 is 10.6. The molecule has 4 N–H and O–H groups in total. The molecule has 138 valence electrons. The van der Waals surface area contributed by atoms with E-state index in [0.29, 0.717) is 11.3 Å². The number of ether oxygens (including phenoxy) is 2. The number of aliphatic hydroxyl groups is 3. The molecule has 0 spiro atoms. The Hall–Kier alpha value is -2.00. The van der Waals surface area contributed by atoms with Crippen molar-refractivity contribution in [3.63, 3.8) is 0 Å². The summed E-state index contributed by atoms with van der Waals surface area (Å²) in [5, 5.41) is 32.0. The molecule has 1 saturated heterocycles. The van der Waals surface area contributed by atoms with Crippen LogP contribution in [0.4, 0.5) is 0 Å². The lowest BCUT2D eigenvalue weighted by atomic mass is 9.89. The van der Waals surface area contributed by atoms with E-state index in [1.807, 2.05) is 0 Å². The average Bonchev–Trinajstić information content (AvgIpc) is 2.60. The molecule has 1 fully saturated rings. The molecule has 0 aliphatic carbocycles. The van der Waals surface area contributed by atoms with E-state index in [4.69, 9.17) is 9.47 Å². The number of carbonyl (C=O) groups excluding carboxylic acids is 2. The number of ketones is 1. The van der Waals surface area contributed by atoms with E-state index in [1.54, 1.807) is 24.3 Å². The van der Waals surface area contributed by atoms with Gasteiger partial charge in [-0.15, -0.1) is 0 Å². The fourth-order valence-corrected chi connectivity index (χ4v) is 2.86. The first-order chi connectivity index (χ1) is 11.9. The molecular weight excluding hydrogens is 330 g/mol. The molecule has 0 saturated carbocycles. The van der Waals surface area contributed by atoms with Crippen molar-refractivity contribution in [3.05, 3.63) is 29.8 Å². The number of hydrogen-bond acceptors (Lipinski definition) is 7. The topological polar surface area (TPSA) is 125 Å². The Kier molecular flexibility index (Phi) is 6.49. The van der Waals surface area contributed by atoms with Gasteiger partial charge in [0.2, 0.25) is 5.91 Å². The molecule has 0 aromatic heterocycles. The van der Waals surface area contributed by atoms with E-state index in [0.717, 1.165) is 0 Å². The first-order valence-corrected chi connectivity index (χ1v) is 7.94. The largest absolute Gasteiger partial charge is 0.497 e. The van der Waals surface area contributed by atoms with Crippen LogP contribution in [0.2, 0.25) is 0 Å². The van der Waals surface area contributed by atoms with Crippen LogP contribution in [-0.2, 0) is 9.53 Å². The van der Waals surface area contributed by atoms with Crippen molar-refractivity contribution in [1.82, 2.24) is 5.32 Å². The fraction of sp³-hybridized carbons (Fsp3) is 0.529. The number of rotatable bonds is 6. The lowest BCUT2D eigenvalue weighted by Gasteiger charge is -2.42. The summed E-state index contributed by atoms with van der Waals surface area (Å²) in [6.07, 6.45) is -4.77. The highest BCUT2D eigenvalue weighted by atomic mass is 16.5. The molecule has 0 bridgehead atoms. The van der Waals surface area contributed by atoms with Crippen LogP contribution in [0.25, 0.3) is 0 Å². The molecule has 1 aliphatic rings. The van der Waals surface area contributed by atoms with E-state index in [2.05, 4.69) is 5.32 Å². The number of benzene rings is 1. The second-order valence-corrected chi connectivity index (χ2v) is 5.96. The van der Waals surface area contributed by atoms with Gasteiger partial charge in [0.1, 0.15) is 24.1 Å². The van der Waals surface area contributed by atoms with Crippen LogP contribution >= 0.6 is 0 Å². The van der Waals surface area contributed by atoms with Gasteiger partial charge in [-0.05, 0) is 24.3 Å². The Morgan fingerprint density at radius 2 is 1.80 bits per heavy atom. The molecule has 1 aromatic rings. The summed E-state index contributed by atoms with van der Waals surface area (Å²) in [6.45, 7) is 0.748. The highest BCUT2D eigenvalue weighted by Gasteiger charge is 2.45. The van der Waals surface area contributed by atoms with Gasteiger partial charge in [-0.2, -0.15) is 0 Å². The van der Waals surface area contributed by atoms with Crippen molar-refractivity contribution in [3.8, 4) is 5.75 Å². The standard InChI is InChI=1S/C17H23NO7/c1-9(20)18-15-13(25-14(8-19)16(22)17(15)23)7-12(21)10-3-5-11(24-2)6-4-10/h3-6,13-17,19,22-23H,7-8H2,1-2H3,(H,18,20)/t13-,14+,15-,16+,17+/m0/s1. The lowest BCUT2D eigenvalue weighted by Crippen LogP contribution is -2.64. The quantitative estimate of drug-likeness (QED) is 0.496. The van der Waals surface area contributed by atoms with Crippen molar-refractivity contribution in [2.24, 2.45) is 0 Å². The number of amides is 1. The molecule has 8 nitrogen and oxygen atoms in total. The van der Waals surface area contributed by atoms with Gasteiger partial charge in [-0.3, -0.25) is 9.59 Å². The van der Waals surface area contributed by atoms with E-state index < -0.39 is 43.0 Å². The normalized spacial score (nSPS) is 29.1. The van der Waals surface area contributed by atoms with E-state index in [-0.39, 0.29) is 12.2 Å². The summed E-state index contributed by atoms with van der Waals surface area (Å²) >= 11 is 0. The molecular formula is C17H23NO7. The number of Topliss-reactive ketones (excluding diaryl/α,β-unsaturated/α-hetero) is 1. The Bertz CT molecular complexity index is 604. The number of hydrogen-bond donors (Lipinski definition) is 4. The zero-order chi connectivity index (χ0) is 18.6. The average molecular weight is 353 g/mol. The minimum Gasteiger partial charge on any atom is -0.497 e. The zero-order valence-electron chi connectivity index (χ0n) is 14.1. The Morgan fingerprint density at radius 1 is 1.16 bits per heavy atom. The van der Waals surface area contributed by atoms with Gasteiger partial charge in [-0.25, -0.2) is 0 Å². The Morgan fingerprint density at radius 3 is 2.32 bits per heavy atom. The summed E-state index contributed by atoms with van der Waals surface area (Å²) in [7, 11) is 1.52. The van der Waals surface area contributed by atoms with Crippen LogP contribution in [0.3, 0.4) is 0 Å². The van der Waals surface area contributed by atoms with Crippen LogP contribution in [0, 0.1) is 0 Å². The SMILES string of the molecule is COc1ccc(C(=O)C[C@@H]2O[C@H](CO)[C@@H](O)[C@H](O)[C@H]2NC(C)=O)cc1. The second-order valence-electron chi connectivity index (χ2n) is 5.96. The van der Waals surface area contributed by atoms with Crippen LogP contribution in [0.1, 0.15) is 23.7 Å². The summed E-state index contributed by atoms with van der Waals surface area (Å²) in [5.74, 6) is -0.0760. The van der Waals surface area contributed by atoms with Gasteiger partial charge in [-0.1, -0.05) is 0 Å². The predicted molar refractivity (Wildman–Crippen MR) is 87.3 cm³/mol. The smallest absolute Gasteiger partial charge is 0.217 e. The zero-order valence-corrected chi connectivity index (χ0v) is 14.1. The van der Waals surface area contributed by atoms with Crippen LogP contribution in [0.15, 0.2) is 24.3 Å². The fourth-order valence-electron chi connectivity index (χ4n) is 2.86. The Balaban J connectivity index is 2.16. The molecule has 0 radical (unpaired) electrons. The van der Waals surface area contributed by atoms with Gasteiger partial charge >= 0.3 is 0 Å². The van der Waals surface area contributed by atoms with Gasteiger partial charge in [0, 0.05) is 18.9 Å². The maximum atomic E-state index is 12.5. The van der Waals surface area contributed by atoms with Crippen molar-refractivity contribution in [1.29, 1.82) is 0 Å². The minimum absolute atomic E-state index is 0.127. The molecule has 1 amide bonds. The lowest BCUT2D eigenvalue weighted by molar-refractivity contribution is -0.194. The predicted octanol–water partition coefficient (Wildman–Crippen LogP) is -0.746. The molecule has 1 heterocycles. The summed E-state index contributed by atoms with van der Waals surface area (Å²) in [5.41, 5.74) is 0.423. The van der Waals surface area contributed by atoms with Gasteiger partial charge < -0.3 is 30.1 Å². The Labute approximate surface area is 145 Å². The van der Waals surface area contributed by atoms with E-state index in [9.17, 15) is 24.9 Å². The first kappa shape index (κ1) is 19.3. The van der Waals surface area contributed by atoms with Gasteiger partial charge in [0.15, 0.2) is 5.78 Å². The molecule has 25 heavy (non-hydrogen) atoms. The number of carbonyl (C=O) groups is 2. The number of nitrogens with one attached hydrogen (secondary N) is 1. The van der Waals surface area contributed by atoms with Gasteiger partial charge in [0.25, 0.3) is 0 Å². The van der Waals surface area contributed by atoms with Crippen molar-refractivity contribution < 1.29 is 34.4 Å². The number of aliphatic hydroxyl groups excluding tert-OH is 3. The second kappa shape index (κ2) is 8.39. The molecule has 8 heteroatoms. The minimum atomic E-state index is -1.37. The summed E-state index contributed by atoms with van der Waals surface area (Å²) in [6, 6.07) is 5.54. The van der Waals surface area contributed by atoms with Crippen LogP contribution in [0.5, 0.6) is 5.75 Å². The van der Waals surface area contributed by atoms with Crippen LogP contribution < -0.4 is 10.1 Å². The third-order valence-corrected chi connectivity index (χ3v) is 4.20. The molecule has 0 unspecified atom stereocenters. The summed E-state index contributed by atoms with van der Waals surface area (Å²) in [4.78, 5) is 23.9. The third kappa shape index (κ3) is 4.55. The maximum Gasteiger partial charge on any atom is 0.217 e. The van der Waals surface area contributed by atoms with Crippen molar-refractivity contribution in [2.75, 3.05) is 13.7 Å². The van der Waals surface area contributed by atoms with Gasteiger partial charge in [0.05, 0.1) is 25.9 Å². The van der Waals surface area contributed by atoms with Crippen LogP contribution in [-0.4, -0.2) is 71.2 Å². The monoisotopic (exact) mass is 353 g/mol. The van der Waals surface area contributed by atoms with Crippen molar-refractivity contribution in [2.45, 2.75) is 43.8 Å². The maximum absolute atomic E-state index is 12.5. The third-order valence-electron chi connectivity index (χ3n) is 4.20.